The zero-order valence-electron chi connectivity index (χ0n) is 14.8. The zero-order chi connectivity index (χ0) is 18.8. The van der Waals surface area contributed by atoms with Gasteiger partial charge < -0.3 is 0 Å². The molecule has 2 aromatic heterocycles. The highest BCUT2D eigenvalue weighted by Crippen LogP contribution is 2.28. The minimum absolute atomic E-state index is 0.0294. The van der Waals surface area contributed by atoms with Crippen molar-refractivity contribution in [1.29, 1.82) is 0 Å². The SMILES string of the molecule is CC(CCc1ccccc1)n1cnc2c(-c3ccc(Cl)cc3)nsc2c1=O. The first-order valence-electron chi connectivity index (χ1n) is 8.80. The maximum Gasteiger partial charge on any atom is 0.273 e. The number of rotatable bonds is 5. The van der Waals surface area contributed by atoms with Crippen LogP contribution in [0.2, 0.25) is 5.02 Å². The van der Waals surface area contributed by atoms with Crippen LogP contribution in [0.3, 0.4) is 0 Å². The molecule has 0 radical (unpaired) electrons. The van der Waals surface area contributed by atoms with Crippen LogP contribution < -0.4 is 5.56 Å². The Kier molecular flexibility index (Phi) is 5.05. The first-order chi connectivity index (χ1) is 13.1. The molecule has 0 amide bonds. The molecule has 2 heterocycles. The molecule has 6 heteroatoms. The average molecular weight is 396 g/mol. The van der Waals surface area contributed by atoms with E-state index in [0.29, 0.717) is 15.2 Å². The van der Waals surface area contributed by atoms with E-state index in [-0.39, 0.29) is 11.6 Å². The first-order valence-corrected chi connectivity index (χ1v) is 9.95. The summed E-state index contributed by atoms with van der Waals surface area (Å²) >= 11 is 7.17. The Hall–Kier alpha value is -2.50. The van der Waals surface area contributed by atoms with Gasteiger partial charge in [-0.15, -0.1) is 0 Å². The Labute approximate surface area is 166 Å². The highest BCUT2D eigenvalue weighted by atomic mass is 35.5. The van der Waals surface area contributed by atoms with Crippen LogP contribution in [0, 0.1) is 0 Å². The van der Waals surface area contributed by atoms with Gasteiger partial charge in [0.1, 0.15) is 15.9 Å². The van der Waals surface area contributed by atoms with Crippen molar-refractivity contribution in [2.45, 2.75) is 25.8 Å². The molecule has 0 aliphatic heterocycles. The predicted molar refractivity (Wildman–Crippen MR) is 112 cm³/mol. The van der Waals surface area contributed by atoms with Gasteiger partial charge in [0.15, 0.2) is 0 Å². The Balaban J connectivity index is 1.63. The minimum atomic E-state index is -0.0294. The maximum absolute atomic E-state index is 13.0. The normalized spacial score (nSPS) is 12.4. The van der Waals surface area contributed by atoms with Gasteiger partial charge in [0, 0.05) is 16.6 Å². The van der Waals surface area contributed by atoms with E-state index < -0.39 is 0 Å². The van der Waals surface area contributed by atoms with Crippen molar-refractivity contribution >= 4 is 33.4 Å². The number of halogens is 1. The molecule has 0 saturated heterocycles. The smallest absolute Gasteiger partial charge is 0.273 e. The van der Waals surface area contributed by atoms with Crippen LogP contribution in [-0.2, 0) is 6.42 Å². The van der Waals surface area contributed by atoms with Gasteiger partial charge in [-0.3, -0.25) is 9.36 Å². The summed E-state index contributed by atoms with van der Waals surface area (Å²) in [6.45, 7) is 2.05. The lowest BCUT2D eigenvalue weighted by molar-refractivity contribution is 0.490. The Morgan fingerprint density at radius 1 is 1.11 bits per heavy atom. The number of aryl methyl sites for hydroxylation is 1. The van der Waals surface area contributed by atoms with Gasteiger partial charge >= 0.3 is 0 Å². The number of fused-ring (bicyclic) bond motifs is 1. The molecule has 0 spiro atoms. The van der Waals surface area contributed by atoms with Crippen molar-refractivity contribution in [3.63, 3.8) is 0 Å². The molecule has 4 rings (SSSR count). The van der Waals surface area contributed by atoms with Gasteiger partial charge in [0.2, 0.25) is 0 Å². The van der Waals surface area contributed by atoms with E-state index in [1.807, 2.05) is 42.5 Å². The van der Waals surface area contributed by atoms with Crippen molar-refractivity contribution in [2.24, 2.45) is 0 Å². The molecule has 27 heavy (non-hydrogen) atoms. The van der Waals surface area contributed by atoms with Crippen LogP contribution in [-0.4, -0.2) is 13.9 Å². The van der Waals surface area contributed by atoms with Crippen LogP contribution in [0.15, 0.2) is 65.7 Å². The fraction of sp³-hybridized carbons (Fsp3) is 0.190. The minimum Gasteiger partial charge on any atom is -0.295 e. The summed E-state index contributed by atoms with van der Waals surface area (Å²) in [6, 6.07) is 17.8. The molecular formula is C21H18ClN3OS. The van der Waals surface area contributed by atoms with E-state index in [2.05, 4.69) is 28.4 Å². The van der Waals surface area contributed by atoms with E-state index in [9.17, 15) is 4.79 Å². The van der Waals surface area contributed by atoms with Crippen molar-refractivity contribution in [2.75, 3.05) is 0 Å². The molecule has 0 aliphatic carbocycles. The number of hydrogen-bond acceptors (Lipinski definition) is 4. The zero-order valence-corrected chi connectivity index (χ0v) is 16.4. The molecule has 1 atom stereocenters. The van der Waals surface area contributed by atoms with Crippen LogP contribution >= 0.6 is 23.1 Å². The maximum atomic E-state index is 13.0. The first kappa shape index (κ1) is 17.9. The lowest BCUT2D eigenvalue weighted by Crippen LogP contribution is -2.23. The Bertz CT molecular complexity index is 1120. The largest absolute Gasteiger partial charge is 0.295 e. The molecule has 4 nitrogen and oxygen atoms in total. The molecule has 1 unspecified atom stereocenters. The third kappa shape index (κ3) is 3.66. The van der Waals surface area contributed by atoms with Crippen LogP contribution in [0.25, 0.3) is 21.5 Å². The molecule has 4 aromatic rings. The summed E-state index contributed by atoms with van der Waals surface area (Å²) in [6.07, 6.45) is 3.44. The third-order valence-corrected chi connectivity index (χ3v) is 5.77. The number of nitrogens with zero attached hydrogens (tertiary/aromatic N) is 3. The van der Waals surface area contributed by atoms with Crippen LogP contribution in [0.1, 0.15) is 24.9 Å². The second-order valence-corrected chi connectivity index (χ2v) is 7.76. The van der Waals surface area contributed by atoms with E-state index in [1.165, 1.54) is 17.1 Å². The number of aromatic nitrogens is 3. The molecule has 0 aliphatic rings. The fourth-order valence-electron chi connectivity index (χ4n) is 3.11. The van der Waals surface area contributed by atoms with Gasteiger partial charge in [-0.1, -0.05) is 54.1 Å². The van der Waals surface area contributed by atoms with Crippen LogP contribution in [0.5, 0.6) is 0 Å². The number of hydrogen-bond donors (Lipinski definition) is 0. The predicted octanol–water partition coefficient (Wildman–Crippen LogP) is 5.37. The molecule has 136 valence electrons. The molecule has 0 bridgehead atoms. The quantitative estimate of drug-likeness (QED) is 0.456. The van der Waals surface area contributed by atoms with Crippen molar-refractivity contribution in [3.8, 4) is 11.3 Å². The Morgan fingerprint density at radius 2 is 1.85 bits per heavy atom. The second kappa shape index (κ2) is 7.62. The topological polar surface area (TPSA) is 47.8 Å². The highest BCUT2D eigenvalue weighted by Gasteiger charge is 2.16. The molecule has 0 N–H and O–H groups in total. The summed E-state index contributed by atoms with van der Waals surface area (Å²) in [4.78, 5) is 17.5. The Morgan fingerprint density at radius 3 is 2.59 bits per heavy atom. The van der Waals surface area contributed by atoms with E-state index in [4.69, 9.17) is 11.6 Å². The van der Waals surface area contributed by atoms with Gasteiger partial charge in [0.05, 0.1) is 6.33 Å². The summed E-state index contributed by atoms with van der Waals surface area (Å²) < 4.78 is 6.78. The van der Waals surface area contributed by atoms with Crippen molar-refractivity contribution in [3.05, 3.63) is 81.9 Å². The van der Waals surface area contributed by atoms with Crippen molar-refractivity contribution in [1.82, 2.24) is 13.9 Å². The molecule has 0 saturated carbocycles. The monoisotopic (exact) mass is 395 g/mol. The van der Waals surface area contributed by atoms with Crippen LogP contribution in [0.4, 0.5) is 0 Å². The van der Waals surface area contributed by atoms with Crippen molar-refractivity contribution < 1.29 is 0 Å². The summed E-state index contributed by atoms with van der Waals surface area (Å²) in [5, 5.41) is 0.667. The highest BCUT2D eigenvalue weighted by molar-refractivity contribution is 7.13. The summed E-state index contributed by atoms with van der Waals surface area (Å²) in [7, 11) is 0. The lowest BCUT2D eigenvalue weighted by Gasteiger charge is -2.14. The summed E-state index contributed by atoms with van der Waals surface area (Å²) in [5.74, 6) is 0. The van der Waals surface area contributed by atoms with Gasteiger partial charge in [-0.2, -0.15) is 4.37 Å². The molecule has 0 fully saturated rings. The van der Waals surface area contributed by atoms with E-state index >= 15 is 0 Å². The van der Waals surface area contributed by atoms with E-state index in [0.717, 1.165) is 24.1 Å². The van der Waals surface area contributed by atoms with Gasteiger partial charge in [-0.05, 0) is 49.0 Å². The lowest BCUT2D eigenvalue weighted by atomic mass is 10.1. The summed E-state index contributed by atoms with van der Waals surface area (Å²) in [5.41, 5.74) is 3.53. The average Bonchev–Trinajstić information content (AvgIpc) is 3.13. The second-order valence-electron chi connectivity index (χ2n) is 6.55. The standard InChI is InChI=1S/C21H18ClN3OS/c1-14(7-8-15-5-3-2-4-6-15)25-13-23-19-18(24-27-20(19)21(25)26)16-9-11-17(22)12-10-16/h2-6,9-14H,7-8H2,1H3. The fourth-order valence-corrected chi connectivity index (χ4v) is 4.03. The van der Waals surface area contributed by atoms with Gasteiger partial charge in [-0.25, -0.2) is 4.98 Å². The number of benzene rings is 2. The van der Waals surface area contributed by atoms with E-state index in [1.54, 1.807) is 10.9 Å². The third-order valence-electron chi connectivity index (χ3n) is 4.69. The van der Waals surface area contributed by atoms with Gasteiger partial charge in [0.25, 0.3) is 5.56 Å². The molecular weight excluding hydrogens is 378 g/mol. The molecule has 2 aromatic carbocycles.